The number of amides is 1. The topological polar surface area (TPSA) is 66.4 Å². The van der Waals surface area contributed by atoms with Crippen molar-refractivity contribution in [1.82, 2.24) is 5.32 Å². The van der Waals surface area contributed by atoms with Gasteiger partial charge in [0.1, 0.15) is 6.54 Å². The molecule has 0 aromatic heterocycles. The van der Waals surface area contributed by atoms with Crippen LogP contribution in [0.3, 0.4) is 0 Å². The summed E-state index contributed by atoms with van der Waals surface area (Å²) < 4.78 is 0. The minimum Gasteiger partial charge on any atom is -0.480 e. The second-order valence-corrected chi connectivity index (χ2v) is 5.42. The Bertz CT molecular complexity index is 448. The standard InChI is InChI=1S/C20H31NO3/c1-2-3-4-5-6-7-8-9-10-11-12-13-14-15-16-17-19(22)21-18-20(23)24/h3-4,6-7,9-10,12-13H,2,5,8,11,14-18H2,1H3,(H,21,22)(H,23,24)/b4-3-,7-6-,10-9-,13-12-. The van der Waals surface area contributed by atoms with Gasteiger partial charge in [0, 0.05) is 6.42 Å². The second-order valence-electron chi connectivity index (χ2n) is 5.42. The Kier molecular flexibility index (Phi) is 15.7. The maximum atomic E-state index is 11.3. The van der Waals surface area contributed by atoms with Crippen LogP contribution in [0.15, 0.2) is 48.6 Å². The molecule has 4 heteroatoms. The van der Waals surface area contributed by atoms with E-state index in [1.807, 2.05) is 0 Å². The summed E-state index contributed by atoms with van der Waals surface area (Å²) in [6.45, 7) is 1.84. The number of nitrogens with one attached hydrogen (secondary N) is 1. The third kappa shape index (κ3) is 18.0. The lowest BCUT2D eigenvalue weighted by molar-refractivity contribution is -0.137. The first-order chi connectivity index (χ1) is 11.7. The van der Waals surface area contributed by atoms with Crippen LogP contribution in [0.5, 0.6) is 0 Å². The maximum Gasteiger partial charge on any atom is 0.322 e. The van der Waals surface area contributed by atoms with Crippen LogP contribution in [0, 0.1) is 0 Å². The lowest BCUT2D eigenvalue weighted by Gasteiger charge is -2.00. The van der Waals surface area contributed by atoms with E-state index in [1.54, 1.807) is 0 Å². The van der Waals surface area contributed by atoms with Gasteiger partial charge in [0.25, 0.3) is 0 Å². The highest BCUT2D eigenvalue weighted by Gasteiger charge is 2.02. The van der Waals surface area contributed by atoms with E-state index in [2.05, 4.69) is 60.8 Å². The SMILES string of the molecule is CC/C=C\C/C=C\C/C=C\C/C=C\CCCCC(=O)NCC(=O)O. The second kappa shape index (κ2) is 17.3. The van der Waals surface area contributed by atoms with Crippen molar-refractivity contribution in [3.63, 3.8) is 0 Å². The van der Waals surface area contributed by atoms with E-state index in [1.165, 1.54) is 0 Å². The minimum absolute atomic E-state index is 0.192. The molecule has 1 amide bonds. The molecule has 0 aliphatic carbocycles. The molecule has 0 bridgehead atoms. The highest BCUT2D eigenvalue weighted by molar-refractivity contribution is 5.80. The molecule has 4 nitrogen and oxygen atoms in total. The first-order valence-electron chi connectivity index (χ1n) is 8.75. The number of carboxylic acids is 1. The van der Waals surface area contributed by atoms with Crippen molar-refractivity contribution in [2.75, 3.05) is 6.54 Å². The monoisotopic (exact) mass is 333 g/mol. The molecule has 0 radical (unpaired) electrons. The normalized spacial score (nSPS) is 12.0. The molecule has 0 fully saturated rings. The summed E-state index contributed by atoms with van der Waals surface area (Å²) in [6, 6.07) is 0. The van der Waals surface area contributed by atoms with Crippen molar-refractivity contribution >= 4 is 11.9 Å². The first-order valence-corrected chi connectivity index (χ1v) is 8.75. The first kappa shape index (κ1) is 21.9. The summed E-state index contributed by atoms with van der Waals surface area (Å²) >= 11 is 0. The molecule has 0 atom stereocenters. The third-order valence-corrected chi connectivity index (χ3v) is 3.18. The Balaban J connectivity index is 3.46. The van der Waals surface area contributed by atoms with Gasteiger partial charge in [-0.1, -0.05) is 55.5 Å². The highest BCUT2D eigenvalue weighted by Crippen LogP contribution is 2.02. The van der Waals surface area contributed by atoms with Crippen LogP contribution in [0.1, 0.15) is 58.3 Å². The van der Waals surface area contributed by atoms with Gasteiger partial charge in [-0.3, -0.25) is 9.59 Å². The third-order valence-electron chi connectivity index (χ3n) is 3.18. The van der Waals surface area contributed by atoms with Crippen molar-refractivity contribution in [1.29, 1.82) is 0 Å². The molecule has 2 N–H and O–H groups in total. The summed E-state index contributed by atoms with van der Waals surface area (Å²) in [5, 5.41) is 10.8. The van der Waals surface area contributed by atoms with Crippen molar-refractivity contribution < 1.29 is 14.7 Å². The summed E-state index contributed by atoms with van der Waals surface area (Å²) in [4.78, 5) is 21.6. The van der Waals surface area contributed by atoms with Crippen molar-refractivity contribution in [2.45, 2.75) is 58.3 Å². The zero-order valence-electron chi connectivity index (χ0n) is 14.7. The Labute approximate surface area is 146 Å². The molecule has 134 valence electrons. The van der Waals surface area contributed by atoms with Crippen LogP contribution in [0.2, 0.25) is 0 Å². The van der Waals surface area contributed by atoms with Gasteiger partial charge in [-0.2, -0.15) is 0 Å². The molecule has 0 aliphatic heterocycles. The fraction of sp³-hybridized carbons (Fsp3) is 0.500. The summed E-state index contributed by atoms with van der Waals surface area (Å²) in [5.74, 6) is -1.20. The van der Waals surface area contributed by atoms with Crippen LogP contribution in [0.4, 0.5) is 0 Å². The number of allylic oxidation sites excluding steroid dienone is 8. The number of carbonyl (C=O) groups is 2. The largest absolute Gasteiger partial charge is 0.480 e. The Morgan fingerprint density at radius 2 is 1.38 bits per heavy atom. The molecule has 0 rings (SSSR count). The maximum absolute atomic E-state index is 11.3. The molecule has 0 aromatic carbocycles. The van der Waals surface area contributed by atoms with Crippen molar-refractivity contribution in [3.8, 4) is 0 Å². The number of hydrogen-bond donors (Lipinski definition) is 2. The molecule has 0 aliphatic rings. The van der Waals surface area contributed by atoms with Crippen LogP contribution < -0.4 is 5.32 Å². The van der Waals surface area contributed by atoms with Crippen LogP contribution >= 0.6 is 0 Å². The van der Waals surface area contributed by atoms with Gasteiger partial charge in [0.15, 0.2) is 0 Å². The van der Waals surface area contributed by atoms with Gasteiger partial charge >= 0.3 is 5.97 Å². The quantitative estimate of drug-likeness (QED) is 0.362. The van der Waals surface area contributed by atoms with Gasteiger partial charge in [-0.15, -0.1) is 0 Å². The molecule has 0 spiro atoms. The average Bonchev–Trinajstić information content (AvgIpc) is 2.56. The highest BCUT2D eigenvalue weighted by atomic mass is 16.4. The molecule has 0 heterocycles. The van der Waals surface area contributed by atoms with Crippen LogP contribution in [-0.2, 0) is 9.59 Å². The lowest BCUT2D eigenvalue weighted by atomic mass is 10.1. The van der Waals surface area contributed by atoms with E-state index in [0.717, 1.165) is 44.9 Å². The summed E-state index contributed by atoms with van der Waals surface area (Å²) in [7, 11) is 0. The van der Waals surface area contributed by atoms with Crippen LogP contribution in [-0.4, -0.2) is 23.5 Å². The van der Waals surface area contributed by atoms with E-state index in [-0.39, 0.29) is 12.5 Å². The zero-order valence-corrected chi connectivity index (χ0v) is 14.7. The van der Waals surface area contributed by atoms with Gasteiger partial charge in [0.2, 0.25) is 5.91 Å². The number of aliphatic carboxylic acids is 1. The predicted octanol–water partition coefficient (Wildman–Crippen LogP) is 4.55. The molecule has 0 saturated heterocycles. The van der Waals surface area contributed by atoms with Gasteiger partial charge in [0.05, 0.1) is 0 Å². The molecule has 24 heavy (non-hydrogen) atoms. The lowest BCUT2D eigenvalue weighted by Crippen LogP contribution is -2.28. The Morgan fingerprint density at radius 3 is 1.92 bits per heavy atom. The number of carboxylic acid groups (broad SMARTS) is 1. The number of unbranched alkanes of at least 4 members (excludes halogenated alkanes) is 2. The smallest absolute Gasteiger partial charge is 0.322 e. The fourth-order valence-corrected chi connectivity index (χ4v) is 1.91. The van der Waals surface area contributed by atoms with Crippen molar-refractivity contribution in [2.24, 2.45) is 0 Å². The van der Waals surface area contributed by atoms with Crippen LogP contribution in [0.25, 0.3) is 0 Å². The number of carbonyl (C=O) groups excluding carboxylic acids is 1. The molecular formula is C20H31NO3. The van der Waals surface area contributed by atoms with Crippen molar-refractivity contribution in [3.05, 3.63) is 48.6 Å². The molecule has 0 aromatic rings. The summed E-state index contributed by atoms with van der Waals surface area (Å²) in [5.41, 5.74) is 0. The minimum atomic E-state index is -1.01. The average molecular weight is 333 g/mol. The molecule has 0 unspecified atom stereocenters. The predicted molar refractivity (Wildman–Crippen MR) is 99.8 cm³/mol. The molecular weight excluding hydrogens is 302 g/mol. The van der Waals surface area contributed by atoms with E-state index >= 15 is 0 Å². The number of rotatable bonds is 14. The van der Waals surface area contributed by atoms with E-state index in [9.17, 15) is 9.59 Å². The van der Waals surface area contributed by atoms with Gasteiger partial charge in [-0.05, 0) is 44.9 Å². The Morgan fingerprint density at radius 1 is 0.833 bits per heavy atom. The molecule has 0 saturated carbocycles. The zero-order chi connectivity index (χ0) is 17.9. The van der Waals surface area contributed by atoms with Gasteiger partial charge in [-0.25, -0.2) is 0 Å². The van der Waals surface area contributed by atoms with E-state index in [0.29, 0.717) is 6.42 Å². The fourth-order valence-electron chi connectivity index (χ4n) is 1.91. The Hall–Kier alpha value is -2.10. The van der Waals surface area contributed by atoms with E-state index in [4.69, 9.17) is 5.11 Å². The number of hydrogen-bond acceptors (Lipinski definition) is 2. The van der Waals surface area contributed by atoms with E-state index < -0.39 is 5.97 Å². The summed E-state index contributed by atoms with van der Waals surface area (Å²) in [6.07, 6.45) is 24.4. The van der Waals surface area contributed by atoms with Gasteiger partial charge < -0.3 is 10.4 Å².